The molecule has 0 saturated carbocycles. The molecule has 2 nitrogen and oxygen atoms in total. The van der Waals surface area contributed by atoms with Crippen LogP contribution in [0.5, 0.6) is 0 Å². The Labute approximate surface area is 109 Å². The van der Waals surface area contributed by atoms with Gasteiger partial charge in [0, 0.05) is 17.0 Å². The molecule has 1 aromatic rings. The van der Waals surface area contributed by atoms with Crippen molar-refractivity contribution in [1.29, 1.82) is 0 Å². The first kappa shape index (κ1) is 14.6. The summed E-state index contributed by atoms with van der Waals surface area (Å²) in [6.45, 7) is 4.34. The molecule has 0 radical (unpaired) electrons. The average Bonchev–Trinajstić information content (AvgIpc) is 2.36. The van der Waals surface area contributed by atoms with E-state index in [0.29, 0.717) is 5.25 Å². The van der Waals surface area contributed by atoms with Gasteiger partial charge in [0.05, 0.1) is 6.10 Å². The topological polar surface area (TPSA) is 46.2 Å². The van der Waals surface area contributed by atoms with E-state index in [1.165, 1.54) is 5.56 Å². The van der Waals surface area contributed by atoms with E-state index < -0.39 is 6.10 Å². The van der Waals surface area contributed by atoms with Gasteiger partial charge in [-0.3, -0.25) is 0 Å². The second-order valence-electron chi connectivity index (χ2n) is 4.47. The number of hydrogen-bond donors (Lipinski definition) is 2. The number of hydrogen-bond acceptors (Lipinski definition) is 3. The van der Waals surface area contributed by atoms with Crippen LogP contribution >= 0.6 is 11.8 Å². The Bertz CT molecular complexity index is 304. The van der Waals surface area contributed by atoms with Gasteiger partial charge in [-0.25, -0.2) is 0 Å². The summed E-state index contributed by atoms with van der Waals surface area (Å²) in [6, 6.07) is 9.92. The van der Waals surface area contributed by atoms with E-state index >= 15 is 0 Å². The second-order valence-corrected chi connectivity index (χ2v) is 5.94. The normalized spacial score (nSPS) is 16.5. The molecule has 96 valence electrons. The molecule has 0 aliphatic heterocycles. The second kappa shape index (κ2) is 7.75. The monoisotopic (exact) mass is 253 g/mol. The van der Waals surface area contributed by atoms with Crippen molar-refractivity contribution in [3.8, 4) is 0 Å². The molecule has 0 fully saturated rings. The fourth-order valence-electron chi connectivity index (χ4n) is 1.53. The fourth-order valence-corrected chi connectivity index (χ4v) is 2.54. The fraction of sp³-hybridized carbons (Fsp3) is 0.571. The SMILES string of the molecule is CCC(C)SCC(O)C(N)Cc1ccccc1. The highest BCUT2D eigenvalue weighted by Crippen LogP contribution is 2.16. The molecule has 17 heavy (non-hydrogen) atoms. The van der Waals surface area contributed by atoms with Crippen LogP contribution in [-0.2, 0) is 6.42 Å². The maximum atomic E-state index is 9.98. The first-order chi connectivity index (χ1) is 8.13. The number of rotatable bonds is 7. The van der Waals surface area contributed by atoms with Crippen LogP contribution in [0.4, 0.5) is 0 Å². The number of aliphatic hydroxyl groups excluding tert-OH is 1. The van der Waals surface area contributed by atoms with E-state index in [9.17, 15) is 5.11 Å². The van der Waals surface area contributed by atoms with Gasteiger partial charge < -0.3 is 10.8 Å². The lowest BCUT2D eigenvalue weighted by atomic mass is 10.0. The third-order valence-corrected chi connectivity index (χ3v) is 4.37. The molecule has 1 aromatic carbocycles. The van der Waals surface area contributed by atoms with Crippen molar-refractivity contribution >= 4 is 11.8 Å². The van der Waals surface area contributed by atoms with Gasteiger partial charge in [0.2, 0.25) is 0 Å². The van der Waals surface area contributed by atoms with Gasteiger partial charge in [0.1, 0.15) is 0 Å². The number of nitrogens with two attached hydrogens (primary N) is 1. The maximum Gasteiger partial charge on any atom is 0.0784 e. The van der Waals surface area contributed by atoms with Crippen molar-refractivity contribution in [2.75, 3.05) is 5.75 Å². The van der Waals surface area contributed by atoms with Gasteiger partial charge in [-0.2, -0.15) is 11.8 Å². The molecule has 0 amide bonds. The Morgan fingerprint density at radius 3 is 2.53 bits per heavy atom. The van der Waals surface area contributed by atoms with Gasteiger partial charge in [-0.15, -0.1) is 0 Å². The molecule has 3 heteroatoms. The Morgan fingerprint density at radius 2 is 1.94 bits per heavy atom. The van der Waals surface area contributed by atoms with Crippen molar-refractivity contribution < 1.29 is 5.11 Å². The molecule has 3 unspecified atom stereocenters. The van der Waals surface area contributed by atoms with Crippen LogP contribution in [0.3, 0.4) is 0 Å². The van der Waals surface area contributed by atoms with Crippen LogP contribution in [-0.4, -0.2) is 28.3 Å². The molecule has 0 bridgehead atoms. The third kappa shape index (κ3) is 5.57. The summed E-state index contributed by atoms with van der Waals surface area (Å²) in [5, 5.41) is 10.6. The highest BCUT2D eigenvalue weighted by atomic mass is 32.2. The average molecular weight is 253 g/mol. The van der Waals surface area contributed by atoms with Gasteiger partial charge in [-0.1, -0.05) is 44.2 Å². The van der Waals surface area contributed by atoms with Gasteiger partial charge >= 0.3 is 0 Å². The van der Waals surface area contributed by atoms with Gasteiger partial charge in [0.15, 0.2) is 0 Å². The summed E-state index contributed by atoms with van der Waals surface area (Å²) >= 11 is 1.79. The largest absolute Gasteiger partial charge is 0.391 e. The number of benzene rings is 1. The van der Waals surface area contributed by atoms with E-state index in [2.05, 4.69) is 13.8 Å². The minimum atomic E-state index is -0.422. The molecule has 0 aliphatic rings. The first-order valence-electron chi connectivity index (χ1n) is 6.22. The van der Waals surface area contributed by atoms with Crippen LogP contribution in [0.25, 0.3) is 0 Å². The van der Waals surface area contributed by atoms with Crippen LogP contribution in [0.15, 0.2) is 30.3 Å². The van der Waals surface area contributed by atoms with E-state index in [1.807, 2.05) is 30.3 Å². The predicted octanol–water partition coefficient (Wildman–Crippen LogP) is 2.45. The van der Waals surface area contributed by atoms with Crippen molar-refractivity contribution in [1.82, 2.24) is 0 Å². The van der Waals surface area contributed by atoms with Gasteiger partial charge in [-0.05, 0) is 18.4 Å². The van der Waals surface area contributed by atoms with E-state index in [4.69, 9.17) is 5.73 Å². The lowest BCUT2D eigenvalue weighted by Gasteiger charge is -2.20. The zero-order valence-electron chi connectivity index (χ0n) is 10.7. The summed E-state index contributed by atoms with van der Waals surface area (Å²) in [4.78, 5) is 0. The lowest BCUT2D eigenvalue weighted by molar-refractivity contribution is 0.167. The standard InChI is InChI=1S/C14H23NOS/c1-3-11(2)17-10-14(16)13(15)9-12-7-5-4-6-8-12/h4-8,11,13-14,16H,3,9-10,15H2,1-2H3. The third-order valence-electron chi connectivity index (χ3n) is 2.93. The molecule has 3 atom stereocenters. The summed E-state index contributed by atoms with van der Waals surface area (Å²) < 4.78 is 0. The minimum absolute atomic E-state index is 0.172. The Hall–Kier alpha value is -0.510. The van der Waals surface area contributed by atoms with Crippen LogP contribution < -0.4 is 5.73 Å². The number of aliphatic hydroxyl groups is 1. The molecule has 0 saturated heterocycles. The van der Waals surface area contributed by atoms with E-state index in [-0.39, 0.29) is 6.04 Å². The molecular weight excluding hydrogens is 230 g/mol. The molecule has 0 aliphatic carbocycles. The highest BCUT2D eigenvalue weighted by molar-refractivity contribution is 7.99. The number of thioether (sulfide) groups is 1. The van der Waals surface area contributed by atoms with Crippen molar-refractivity contribution in [3.05, 3.63) is 35.9 Å². The van der Waals surface area contributed by atoms with Crippen LogP contribution in [0.2, 0.25) is 0 Å². The summed E-state index contributed by atoms with van der Waals surface area (Å²) in [5.41, 5.74) is 7.20. The van der Waals surface area contributed by atoms with Crippen molar-refractivity contribution in [2.45, 2.75) is 44.1 Å². The molecule has 3 N–H and O–H groups in total. The van der Waals surface area contributed by atoms with Gasteiger partial charge in [0.25, 0.3) is 0 Å². The van der Waals surface area contributed by atoms with Crippen molar-refractivity contribution in [3.63, 3.8) is 0 Å². The first-order valence-corrected chi connectivity index (χ1v) is 7.27. The molecule has 1 rings (SSSR count). The highest BCUT2D eigenvalue weighted by Gasteiger charge is 2.16. The predicted molar refractivity (Wildman–Crippen MR) is 76.3 cm³/mol. The quantitative estimate of drug-likeness (QED) is 0.784. The Balaban J connectivity index is 2.34. The Morgan fingerprint density at radius 1 is 1.29 bits per heavy atom. The molecule has 0 aromatic heterocycles. The zero-order valence-corrected chi connectivity index (χ0v) is 11.5. The summed E-state index contributed by atoms with van der Waals surface area (Å²) in [5.74, 6) is 0.725. The van der Waals surface area contributed by atoms with Crippen molar-refractivity contribution in [2.24, 2.45) is 5.73 Å². The lowest BCUT2D eigenvalue weighted by Crippen LogP contribution is -2.38. The molecule has 0 heterocycles. The molecular formula is C14H23NOS. The maximum absolute atomic E-state index is 9.98. The van der Waals surface area contributed by atoms with Crippen LogP contribution in [0.1, 0.15) is 25.8 Å². The molecule has 0 spiro atoms. The summed E-state index contributed by atoms with van der Waals surface area (Å²) in [7, 11) is 0. The smallest absolute Gasteiger partial charge is 0.0784 e. The zero-order chi connectivity index (χ0) is 12.7. The van der Waals surface area contributed by atoms with E-state index in [0.717, 1.165) is 18.6 Å². The van der Waals surface area contributed by atoms with Crippen LogP contribution in [0, 0.1) is 0 Å². The van der Waals surface area contributed by atoms with E-state index in [1.54, 1.807) is 11.8 Å². The minimum Gasteiger partial charge on any atom is -0.391 e. The summed E-state index contributed by atoms with van der Waals surface area (Å²) in [6.07, 6.45) is 1.45. The Kier molecular flexibility index (Phi) is 6.63.